The van der Waals surface area contributed by atoms with Crippen molar-refractivity contribution in [3.63, 3.8) is 0 Å². The third-order valence-electron chi connectivity index (χ3n) is 4.55. The molecule has 0 aliphatic rings. The van der Waals surface area contributed by atoms with Gasteiger partial charge in [-0.25, -0.2) is 0 Å². The van der Waals surface area contributed by atoms with Crippen LogP contribution in [-0.2, 0) is 0 Å². The number of carbonyl (C=O) groups is 1. The summed E-state index contributed by atoms with van der Waals surface area (Å²) < 4.78 is 5.84. The molecule has 4 nitrogen and oxygen atoms in total. The maximum absolute atomic E-state index is 11.7. The summed E-state index contributed by atoms with van der Waals surface area (Å²) >= 11 is 1.60. The maximum Gasteiger partial charge on any atom is 0.163 e. The molecular weight excluding hydrogens is 380 g/mol. The minimum atomic E-state index is 0.00149. The monoisotopic (exact) mass is 400 g/mol. The number of thioether (sulfide) groups is 1. The minimum Gasteiger partial charge on any atom is -0.492 e. The van der Waals surface area contributed by atoms with Gasteiger partial charge in [0.1, 0.15) is 16.5 Å². The van der Waals surface area contributed by atoms with Gasteiger partial charge in [-0.15, -0.1) is 22.0 Å². The van der Waals surface area contributed by atoms with E-state index >= 15 is 0 Å². The van der Waals surface area contributed by atoms with E-state index in [0.717, 1.165) is 27.1 Å². The fourth-order valence-electron chi connectivity index (χ4n) is 3.17. The second-order valence-corrected chi connectivity index (χ2v) is 7.60. The highest BCUT2D eigenvalue weighted by molar-refractivity contribution is 7.99. The van der Waals surface area contributed by atoms with Crippen LogP contribution in [0.15, 0.2) is 83.9 Å². The van der Waals surface area contributed by atoms with Crippen molar-refractivity contribution < 1.29 is 9.53 Å². The first-order chi connectivity index (χ1) is 14.2. The molecule has 0 radical (unpaired) electrons. The summed E-state index contributed by atoms with van der Waals surface area (Å²) in [6.07, 6.45) is 0. The zero-order chi connectivity index (χ0) is 20.1. The zero-order valence-electron chi connectivity index (χ0n) is 16.0. The normalized spacial score (nSPS) is 10.8. The molecule has 0 N–H and O–H groups in total. The molecule has 0 bridgehead atoms. The molecule has 0 saturated heterocycles. The van der Waals surface area contributed by atoms with E-state index in [4.69, 9.17) is 4.74 Å². The summed E-state index contributed by atoms with van der Waals surface area (Å²) in [6, 6.07) is 25.6. The third-order valence-corrected chi connectivity index (χ3v) is 5.49. The Kier molecular flexibility index (Phi) is 5.86. The van der Waals surface area contributed by atoms with Crippen molar-refractivity contribution in [2.24, 2.45) is 0 Å². The third kappa shape index (κ3) is 4.30. The Bertz CT molecular complexity index is 1150. The number of Topliss-reactive ketones (excluding diaryl/α,β-unsaturated/α-hetero) is 1. The van der Waals surface area contributed by atoms with E-state index in [9.17, 15) is 4.79 Å². The molecule has 144 valence electrons. The molecule has 0 atom stereocenters. The number of rotatable bonds is 7. The van der Waals surface area contributed by atoms with E-state index in [0.29, 0.717) is 23.7 Å². The highest BCUT2D eigenvalue weighted by Gasteiger charge is 2.12. The van der Waals surface area contributed by atoms with Crippen LogP contribution < -0.4 is 4.74 Å². The number of ether oxygens (including phenoxy) is 1. The van der Waals surface area contributed by atoms with Crippen molar-refractivity contribution in [1.29, 1.82) is 0 Å². The van der Waals surface area contributed by atoms with E-state index < -0.39 is 0 Å². The van der Waals surface area contributed by atoms with E-state index in [1.807, 2.05) is 60.7 Å². The molecule has 0 amide bonds. The summed E-state index contributed by atoms with van der Waals surface area (Å²) in [5.41, 5.74) is 2.55. The lowest BCUT2D eigenvalue weighted by atomic mass is 10.1. The van der Waals surface area contributed by atoms with Crippen molar-refractivity contribution >= 4 is 28.3 Å². The van der Waals surface area contributed by atoms with Crippen molar-refractivity contribution in [2.75, 3.05) is 12.4 Å². The molecule has 0 aliphatic carbocycles. The Labute approximate surface area is 173 Å². The summed E-state index contributed by atoms with van der Waals surface area (Å²) in [5.74, 6) is 1.33. The molecule has 5 heteroatoms. The number of benzene rings is 3. The van der Waals surface area contributed by atoms with Crippen molar-refractivity contribution in [1.82, 2.24) is 10.2 Å². The average molecular weight is 401 g/mol. The van der Waals surface area contributed by atoms with Crippen LogP contribution in [0.2, 0.25) is 0 Å². The first-order valence-corrected chi connectivity index (χ1v) is 10.4. The summed E-state index contributed by atoms with van der Waals surface area (Å²) in [4.78, 5) is 11.7. The number of nitrogens with zero attached hydrogens (tertiary/aromatic N) is 2. The topological polar surface area (TPSA) is 52.1 Å². The average Bonchev–Trinajstić information content (AvgIpc) is 2.77. The van der Waals surface area contributed by atoms with Gasteiger partial charge in [0.25, 0.3) is 0 Å². The zero-order valence-corrected chi connectivity index (χ0v) is 16.9. The quantitative estimate of drug-likeness (QED) is 0.227. The summed E-state index contributed by atoms with van der Waals surface area (Å²) in [5, 5.41) is 12.0. The lowest BCUT2D eigenvalue weighted by Crippen LogP contribution is -2.05. The fraction of sp³-hybridized carbons (Fsp3) is 0.125. The predicted molar refractivity (Wildman–Crippen MR) is 118 cm³/mol. The number of ketones is 1. The Morgan fingerprint density at radius 3 is 2.34 bits per heavy atom. The van der Waals surface area contributed by atoms with Gasteiger partial charge in [-0.1, -0.05) is 66.7 Å². The molecule has 1 heterocycles. The second-order valence-electron chi connectivity index (χ2n) is 6.51. The van der Waals surface area contributed by atoms with Gasteiger partial charge in [0, 0.05) is 22.1 Å². The van der Waals surface area contributed by atoms with Crippen molar-refractivity contribution in [2.45, 2.75) is 11.9 Å². The largest absolute Gasteiger partial charge is 0.492 e. The molecule has 0 aliphatic heterocycles. The van der Waals surface area contributed by atoms with Crippen LogP contribution in [0, 0.1) is 0 Å². The molecule has 1 aromatic heterocycles. The molecule has 3 aromatic carbocycles. The highest BCUT2D eigenvalue weighted by Crippen LogP contribution is 2.31. The van der Waals surface area contributed by atoms with Gasteiger partial charge >= 0.3 is 0 Å². The number of fused-ring (bicyclic) bond motifs is 1. The smallest absolute Gasteiger partial charge is 0.163 e. The van der Waals surface area contributed by atoms with Crippen LogP contribution in [0.4, 0.5) is 0 Å². The lowest BCUT2D eigenvalue weighted by molar-refractivity contribution is 0.101. The standard InChI is InChI=1S/C24H20N2O2S/c1-17(27)19-11-7-8-14-22(19)28-15-16-29-24-21-13-6-5-12-20(21)23(25-26-24)18-9-3-2-4-10-18/h2-14H,15-16H2,1H3. The van der Waals surface area contributed by atoms with Crippen LogP contribution in [0.1, 0.15) is 17.3 Å². The first kappa shape index (κ1) is 19.2. The van der Waals surface area contributed by atoms with E-state index in [1.54, 1.807) is 24.8 Å². The van der Waals surface area contributed by atoms with Gasteiger partial charge in [-0.3, -0.25) is 4.79 Å². The molecule has 29 heavy (non-hydrogen) atoms. The SMILES string of the molecule is CC(=O)c1ccccc1OCCSc1nnc(-c2ccccc2)c2ccccc12. The van der Waals surface area contributed by atoms with Crippen LogP contribution in [0.3, 0.4) is 0 Å². The molecule has 0 fully saturated rings. The van der Waals surface area contributed by atoms with E-state index in [2.05, 4.69) is 22.3 Å². The molecule has 0 unspecified atom stereocenters. The lowest BCUT2D eigenvalue weighted by Gasteiger charge is -2.11. The van der Waals surface area contributed by atoms with Gasteiger partial charge < -0.3 is 4.74 Å². The summed E-state index contributed by atoms with van der Waals surface area (Å²) in [6.45, 7) is 2.03. The van der Waals surface area contributed by atoms with Crippen LogP contribution in [0.5, 0.6) is 5.75 Å². The first-order valence-electron chi connectivity index (χ1n) is 9.40. The Hall–Kier alpha value is -3.18. The van der Waals surface area contributed by atoms with Crippen molar-refractivity contribution in [3.05, 3.63) is 84.4 Å². The number of para-hydroxylation sites is 1. The molecule has 4 aromatic rings. The number of carbonyl (C=O) groups excluding carboxylic acids is 1. The minimum absolute atomic E-state index is 0.00149. The Morgan fingerprint density at radius 2 is 1.55 bits per heavy atom. The fourth-order valence-corrected chi connectivity index (χ4v) is 3.96. The predicted octanol–water partition coefficient (Wildman–Crippen LogP) is 5.67. The van der Waals surface area contributed by atoms with Gasteiger partial charge in [-0.05, 0) is 19.1 Å². The second kappa shape index (κ2) is 8.88. The van der Waals surface area contributed by atoms with Crippen LogP contribution >= 0.6 is 11.8 Å². The molecular formula is C24H20N2O2S. The van der Waals surface area contributed by atoms with Gasteiger partial charge in [0.2, 0.25) is 0 Å². The number of hydrogen-bond acceptors (Lipinski definition) is 5. The number of aromatic nitrogens is 2. The van der Waals surface area contributed by atoms with Gasteiger partial charge in [0.15, 0.2) is 5.78 Å². The maximum atomic E-state index is 11.7. The highest BCUT2D eigenvalue weighted by atomic mass is 32.2. The van der Waals surface area contributed by atoms with Gasteiger partial charge in [-0.2, -0.15) is 0 Å². The van der Waals surface area contributed by atoms with Crippen LogP contribution in [-0.4, -0.2) is 28.3 Å². The van der Waals surface area contributed by atoms with Gasteiger partial charge in [0.05, 0.1) is 12.2 Å². The number of hydrogen-bond donors (Lipinski definition) is 0. The molecule has 0 saturated carbocycles. The molecule has 4 rings (SSSR count). The Morgan fingerprint density at radius 1 is 0.862 bits per heavy atom. The summed E-state index contributed by atoms with van der Waals surface area (Å²) in [7, 11) is 0. The van der Waals surface area contributed by atoms with E-state index in [1.165, 1.54) is 0 Å². The van der Waals surface area contributed by atoms with Crippen molar-refractivity contribution in [3.8, 4) is 17.0 Å². The van der Waals surface area contributed by atoms with E-state index in [-0.39, 0.29) is 5.78 Å². The Balaban J connectivity index is 1.50. The van der Waals surface area contributed by atoms with Crippen LogP contribution in [0.25, 0.3) is 22.0 Å². The molecule has 0 spiro atoms.